The number of halogens is 1. The summed E-state index contributed by atoms with van der Waals surface area (Å²) in [7, 11) is 0. The van der Waals surface area contributed by atoms with Crippen LogP contribution in [0.15, 0.2) is 24.3 Å². The average Bonchev–Trinajstić information content (AvgIpc) is 3.16. The van der Waals surface area contributed by atoms with Crippen LogP contribution in [-0.2, 0) is 17.9 Å². The Morgan fingerprint density at radius 3 is 2.23 bits per heavy atom. The number of benzene rings is 1. The number of carbonyl (C=O) groups excluding carboxylic acids is 1. The van der Waals surface area contributed by atoms with E-state index < -0.39 is 0 Å². The number of hydrogen-bond donors (Lipinski definition) is 1. The molecule has 1 saturated carbocycles. The van der Waals surface area contributed by atoms with Crippen molar-refractivity contribution in [3.63, 3.8) is 0 Å². The van der Waals surface area contributed by atoms with Gasteiger partial charge in [-0.25, -0.2) is 4.68 Å². The van der Waals surface area contributed by atoms with Crippen LogP contribution in [0, 0.1) is 0 Å². The van der Waals surface area contributed by atoms with E-state index in [0.717, 1.165) is 12.8 Å². The molecule has 1 aromatic heterocycles. The molecule has 8 heteroatoms. The van der Waals surface area contributed by atoms with Crippen LogP contribution in [0.2, 0.25) is 5.02 Å². The van der Waals surface area contributed by atoms with Gasteiger partial charge in [0.15, 0.2) is 5.82 Å². The molecule has 0 saturated heterocycles. The maximum absolute atomic E-state index is 12.6. The second-order valence-corrected chi connectivity index (χ2v) is 8.46. The van der Waals surface area contributed by atoms with Gasteiger partial charge in [-0.3, -0.25) is 4.79 Å². The first-order valence-corrected chi connectivity index (χ1v) is 11.5. The van der Waals surface area contributed by atoms with Gasteiger partial charge in [0.1, 0.15) is 18.9 Å². The highest BCUT2D eigenvalue weighted by Crippen LogP contribution is 2.18. The summed E-state index contributed by atoms with van der Waals surface area (Å²) in [4.78, 5) is 12.6. The average molecular weight is 434 g/mol. The Kier molecular flexibility index (Phi) is 9.41. The molecule has 0 unspecified atom stereocenters. The standard InChI is InChI=1S/C22H32ClN5O2/c23-18-12-14-20(15-13-18)30-17-21-25-26-27-28(21)16-22(29)24-19-10-8-6-4-2-1-3-5-7-9-11-19/h12-15,19H,1-11,16-17H2,(H,24,29). The summed E-state index contributed by atoms with van der Waals surface area (Å²) in [6, 6.07) is 7.33. The number of ether oxygens (including phenoxy) is 1. The lowest BCUT2D eigenvalue weighted by atomic mass is 9.98. The van der Waals surface area contributed by atoms with Gasteiger partial charge in [-0.2, -0.15) is 0 Å². The molecular formula is C22H32ClN5O2. The number of hydrogen-bond acceptors (Lipinski definition) is 5. The van der Waals surface area contributed by atoms with Gasteiger partial charge in [0.2, 0.25) is 5.91 Å². The number of nitrogens with zero attached hydrogens (tertiary/aromatic N) is 4. The minimum atomic E-state index is -0.0489. The Hall–Kier alpha value is -2.15. The number of nitrogens with one attached hydrogen (secondary N) is 1. The lowest BCUT2D eigenvalue weighted by Crippen LogP contribution is -2.37. The van der Waals surface area contributed by atoms with E-state index in [4.69, 9.17) is 16.3 Å². The van der Waals surface area contributed by atoms with E-state index in [-0.39, 0.29) is 25.1 Å². The lowest BCUT2D eigenvalue weighted by molar-refractivity contribution is -0.122. The number of tetrazole rings is 1. The molecule has 1 fully saturated rings. The summed E-state index contributed by atoms with van der Waals surface area (Å²) in [5.41, 5.74) is 0. The molecule has 1 aromatic carbocycles. The van der Waals surface area contributed by atoms with Crippen LogP contribution in [0.4, 0.5) is 0 Å². The minimum absolute atomic E-state index is 0.0489. The Labute approximate surface area is 183 Å². The van der Waals surface area contributed by atoms with Crippen LogP contribution in [0.1, 0.15) is 76.5 Å². The van der Waals surface area contributed by atoms with Gasteiger partial charge < -0.3 is 10.1 Å². The number of aromatic nitrogens is 4. The molecule has 164 valence electrons. The Morgan fingerprint density at radius 1 is 1.00 bits per heavy atom. The molecule has 0 bridgehead atoms. The molecule has 0 radical (unpaired) electrons. The fraction of sp³-hybridized carbons (Fsp3) is 0.636. The Balaban J connectivity index is 1.48. The lowest BCUT2D eigenvalue weighted by Gasteiger charge is -2.19. The van der Waals surface area contributed by atoms with Crippen LogP contribution in [0.3, 0.4) is 0 Å². The molecule has 3 rings (SSSR count). The monoisotopic (exact) mass is 433 g/mol. The topological polar surface area (TPSA) is 81.9 Å². The molecule has 7 nitrogen and oxygen atoms in total. The quantitative estimate of drug-likeness (QED) is 0.714. The van der Waals surface area contributed by atoms with Gasteiger partial charge in [-0.05, 0) is 47.5 Å². The summed E-state index contributed by atoms with van der Waals surface area (Å²) in [6.07, 6.45) is 13.6. The highest BCUT2D eigenvalue weighted by atomic mass is 35.5. The van der Waals surface area contributed by atoms with E-state index in [9.17, 15) is 4.79 Å². The molecule has 0 atom stereocenters. The molecule has 30 heavy (non-hydrogen) atoms. The van der Waals surface area contributed by atoms with Crippen LogP contribution >= 0.6 is 11.6 Å². The van der Waals surface area contributed by atoms with Gasteiger partial charge in [0.05, 0.1) is 0 Å². The highest BCUT2D eigenvalue weighted by molar-refractivity contribution is 6.30. The van der Waals surface area contributed by atoms with E-state index in [2.05, 4.69) is 20.8 Å². The summed E-state index contributed by atoms with van der Waals surface area (Å²) in [5, 5.41) is 15.5. The van der Waals surface area contributed by atoms with Gasteiger partial charge in [0.25, 0.3) is 0 Å². The van der Waals surface area contributed by atoms with Crippen molar-refractivity contribution in [2.24, 2.45) is 0 Å². The van der Waals surface area contributed by atoms with Gasteiger partial charge in [0, 0.05) is 11.1 Å². The predicted molar refractivity (Wildman–Crippen MR) is 116 cm³/mol. The van der Waals surface area contributed by atoms with Crippen molar-refractivity contribution in [1.29, 1.82) is 0 Å². The molecule has 1 aliphatic carbocycles. The Bertz CT molecular complexity index is 753. The second kappa shape index (κ2) is 12.5. The zero-order chi connectivity index (χ0) is 21.0. The fourth-order valence-corrected chi connectivity index (χ4v) is 3.97. The fourth-order valence-electron chi connectivity index (χ4n) is 3.85. The van der Waals surface area contributed by atoms with E-state index in [1.165, 1.54) is 62.5 Å². The normalized spacial score (nSPS) is 17.0. The van der Waals surface area contributed by atoms with Crippen LogP contribution in [0.25, 0.3) is 0 Å². The molecule has 1 amide bonds. The van der Waals surface area contributed by atoms with Gasteiger partial charge in [-0.15, -0.1) is 5.10 Å². The molecule has 1 N–H and O–H groups in total. The first kappa shape index (κ1) is 22.5. The smallest absolute Gasteiger partial charge is 0.242 e. The number of rotatable bonds is 6. The van der Waals surface area contributed by atoms with E-state index in [0.29, 0.717) is 16.6 Å². The predicted octanol–water partition coefficient (Wildman–Crippen LogP) is 4.70. The zero-order valence-electron chi connectivity index (χ0n) is 17.6. The van der Waals surface area contributed by atoms with Crippen molar-refractivity contribution < 1.29 is 9.53 Å². The van der Waals surface area contributed by atoms with Crippen molar-refractivity contribution in [1.82, 2.24) is 25.5 Å². The van der Waals surface area contributed by atoms with Crippen LogP contribution in [-0.4, -0.2) is 32.2 Å². The van der Waals surface area contributed by atoms with Crippen molar-refractivity contribution in [2.75, 3.05) is 0 Å². The van der Waals surface area contributed by atoms with Crippen molar-refractivity contribution >= 4 is 17.5 Å². The summed E-state index contributed by atoms with van der Waals surface area (Å²) in [5.74, 6) is 1.14. The summed E-state index contributed by atoms with van der Waals surface area (Å²) < 4.78 is 7.20. The first-order chi connectivity index (χ1) is 14.7. The minimum Gasteiger partial charge on any atom is -0.486 e. The van der Waals surface area contributed by atoms with Crippen LogP contribution < -0.4 is 10.1 Å². The third-order valence-electron chi connectivity index (χ3n) is 5.55. The van der Waals surface area contributed by atoms with E-state index in [1.807, 2.05) is 0 Å². The molecule has 0 aliphatic heterocycles. The van der Waals surface area contributed by atoms with Crippen LogP contribution in [0.5, 0.6) is 5.75 Å². The molecule has 2 aromatic rings. The SMILES string of the molecule is O=C(Cn1nnnc1COc1ccc(Cl)cc1)NC1CCCCCCCCCCC1. The largest absolute Gasteiger partial charge is 0.486 e. The first-order valence-electron chi connectivity index (χ1n) is 11.1. The number of amides is 1. The zero-order valence-corrected chi connectivity index (χ0v) is 18.3. The van der Waals surface area contributed by atoms with Crippen molar-refractivity contribution in [3.8, 4) is 5.75 Å². The number of carbonyl (C=O) groups is 1. The van der Waals surface area contributed by atoms with E-state index >= 15 is 0 Å². The van der Waals surface area contributed by atoms with Gasteiger partial charge in [-0.1, -0.05) is 69.4 Å². The van der Waals surface area contributed by atoms with Crippen molar-refractivity contribution in [3.05, 3.63) is 35.1 Å². The second-order valence-electron chi connectivity index (χ2n) is 8.02. The maximum atomic E-state index is 12.6. The maximum Gasteiger partial charge on any atom is 0.242 e. The molecule has 1 heterocycles. The van der Waals surface area contributed by atoms with Gasteiger partial charge >= 0.3 is 0 Å². The molecule has 0 spiro atoms. The molecule has 1 aliphatic rings. The van der Waals surface area contributed by atoms with Crippen molar-refractivity contribution in [2.45, 2.75) is 89.8 Å². The molecular weight excluding hydrogens is 402 g/mol. The summed E-state index contributed by atoms with van der Waals surface area (Å²) >= 11 is 5.89. The highest BCUT2D eigenvalue weighted by Gasteiger charge is 2.16. The third kappa shape index (κ3) is 7.94. The third-order valence-corrected chi connectivity index (χ3v) is 5.80. The Morgan fingerprint density at radius 2 is 1.60 bits per heavy atom. The van der Waals surface area contributed by atoms with E-state index in [1.54, 1.807) is 24.3 Å². The summed E-state index contributed by atoms with van der Waals surface area (Å²) in [6.45, 7) is 0.286.